The van der Waals surface area contributed by atoms with Crippen molar-refractivity contribution in [2.75, 3.05) is 22.7 Å². The number of aryl methyl sites for hydroxylation is 1. The second-order valence-electron chi connectivity index (χ2n) is 5.96. The van der Waals surface area contributed by atoms with Crippen LogP contribution < -0.4 is 15.4 Å². The van der Waals surface area contributed by atoms with Crippen molar-refractivity contribution >= 4 is 26.8 Å². The quantitative estimate of drug-likeness (QED) is 0.856. The van der Waals surface area contributed by atoms with Crippen molar-refractivity contribution in [1.82, 2.24) is 4.98 Å². The number of pyridine rings is 1. The number of benzene rings is 1. The molecule has 0 bridgehead atoms. The summed E-state index contributed by atoms with van der Waals surface area (Å²) in [6.45, 7) is 2.83. The van der Waals surface area contributed by atoms with E-state index in [4.69, 9.17) is 5.73 Å². The van der Waals surface area contributed by atoms with Gasteiger partial charge in [-0.25, -0.2) is 4.98 Å². The molecule has 2 aromatic rings. The molecule has 0 aliphatic carbocycles. The molecule has 3 rings (SSSR count). The van der Waals surface area contributed by atoms with Gasteiger partial charge < -0.3 is 11.1 Å². The summed E-state index contributed by atoms with van der Waals surface area (Å²) in [5.41, 5.74) is 8.11. The van der Waals surface area contributed by atoms with Crippen LogP contribution in [0.1, 0.15) is 18.4 Å². The fourth-order valence-corrected chi connectivity index (χ4v) is 3.94. The van der Waals surface area contributed by atoms with Crippen LogP contribution in [0.15, 0.2) is 36.5 Å². The number of sulfonamides is 1. The predicted molar refractivity (Wildman–Crippen MR) is 98.0 cm³/mol. The van der Waals surface area contributed by atoms with Gasteiger partial charge in [0.05, 0.1) is 0 Å². The molecule has 2 heterocycles. The molecule has 25 heavy (non-hydrogen) atoms. The van der Waals surface area contributed by atoms with Crippen LogP contribution in [0.4, 0.5) is 16.3 Å². The average Bonchev–Trinajstić information content (AvgIpc) is 2.54. The molecular weight excluding hydrogens is 340 g/mol. The number of primary amides is 1. The Bertz CT molecular complexity index is 912. The molecule has 0 unspecified atom stereocenters. The Labute approximate surface area is 146 Å². The number of nitrogens with zero attached hydrogens (tertiary/aromatic N) is 2. The van der Waals surface area contributed by atoms with Crippen LogP contribution in [0.2, 0.25) is 0 Å². The van der Waals surface area contributed by atoms with E-state index in [1.54, 1.807) is 12.3 Å². The smallest absolute Gasteiger partial charge is 0.354 e. The third-order valence-electron chi connectivity index (χ3n) is 4.13. The van der Waals surface area contributed by atoms with Crippen molar-refractivity contribution in [1.29, 1.82) is 0 Å². The fraction of sp³-hybridized carbons (Fsp3) is 0.294. The highest BCUT2D eigenvalue weighted by molar-refractivity contribution is 8.07. The van der Waals surface area contributed by atoms with E-state index in [9.17, 15) is 13.2 Å². The maximum absolute atomic E-state index is 12.6. The number of fused-ring (bicyclic) bond motifs is 1. The molecule has 0 saturated carbocycles. The van der Waals surface area contributed by atoms with Crippen LogP contribution in [0.5, 0.6) is 0 Å². The number of anilines is 2. The van der Waals surface area contributed by atoms with Crippen molar-refractivity contribution in [3.05, 3.63) is 42.1 Å². The molecule has 0 fully saturated rings. The molecule has 1 aliphatic heterocycles. The Kier molecular flexibility index (Phi) is 4.63. The molecule has 0 saturated heterocycles. The van der Waals surface area contributed by atoms with Gasteiger partial charge in [0.1, 0.15) is 5.69 Å². The van der Waals surface area contributed by atoms with Crippen molar-refractivity contribution in [2.45, 2.75) is 19.8 Å². The molecule has 7 nitrogen and oxygen atoms in total. The Morgan fingerprint density at radius 2 is 2.08 bits per heavy atom. The number of hydrogen-bond donors (Lipinski definition) is 2. The van der Waals surface area contributed by atoms with E-state index in [0.717, 1.165) is 21.9 Å². The van der Waals surface area contributed by atoms with Gasteiger partial charge in [-0.1, -0.05) is 29.8 Å². The summed E-state index contributed by atoms with van der Waals surface area (Å²) in [5.74, 6) is 0.434. The maximum Gasteiger partial charge on any atom is 0.354 e. The highest BCUT2D eigenvalue weighted by Gasteiger charge is 2.33. The molecule has 1 aromatic carbocycles. The van der Waals surface area contributed by atoms with E-state index < -0.39 is 15.3 Å². The molecule has 8 heteroatoms. The van der Waals surface area contributed by atoms with Crippen molar-refractivity contribution in [3.63, 3.8) is 0 Å². The lowest BCUT2D eigenvalue weighted by Gasteiger charge is -2.29. The van der Waals surface area contributed by atoms with Crippen LogP contribution in [-0.2, 0) is 10.0 Å². The topological polar surface area (TPSA) is 105 Å². The molecule has 1 amide bonds. The third kappa shape index (κ3) is 3.30. The van der Waals surface area contributed by atoms with Crippen molar-refractivity contribution in [3.8, 4) is 11.1 Å². The first kappa shape index (κ1) is 17.2. The standard InChI is InChI=1S/C17H20N4O3S/c1-12-5-4-6-13(11-12)14-7-9-20-16-15(14)21(10-3-2-8-19-16)25(23,24)17(18)22/h4-7,9,11H,2-3,8,10H2,1H3,(H2,18,22)(H,19,20). The predicted octanol–water partition coefficient (Wildman–Crippen LogP) is 2.48. The van der Waals surface area contributed by atoms with Gasteiger partial charge in [-0.15, -0.1) is 0 Å². The van der Waals surface area contributed by atoms with Gasteiger partial charge in [-0.2, -0.15) is 8.42 Å². The summed E-state index contributed by atoms with van der Waals surface area (Å²) in [5, 5.41) is 1.80. The van der Waals surface area contributed by atoms with Crippen molar-refractivity contribution in [2.24, 2.45) is 5.73 Å². The lowest BCUT2D eigenvalue weighted by Crippen LogP contribution is -2.41. The van der Waals surface area contributed by atoms with Gasteiger partial charge in [0.15, 0.2) is 5.82 Å². The summed E-state index contributed by atoms with van der Waals surface area (Å²) in [4.78, 5) is 15.9. The minimum atomic E-state index is -4.30. The molecule has 1 aromatic heterocycles. The summed E-state index contributed by atoms with van der Waals surface area (Å²) in [6, 6.07) is 9.48. The SMILES string of the molecule is Cc1cccc(-c2ccnc3c2N(S(=O)(=O)C(N)=O)CCCCN3)c1. The number of amides is 1. The van der Waals surface area contributed by atoms with E-state index >= 15 is 0 Å². The Morgan fingerprint density at radius 3 is 2.80 bits per heavy atom. The maximum atomic E-state index is 12.6. The van der Waals surface area contributed by atoms with Gasteiger partial charge in [0.25, 0.3) is 0 Å². The summed E-state index contributed by atoms with van der Waals surface area (Å²) in [6.07, 6.45) is 3.00. The number of nitrogens with two attached hydrogens (primary N) is 1. The largest absolute Gasteiger partial charge is 0.368 e. The summed E-state index contributed by atoms with van der Waals surface area (Å²) < 4.78 is 26.2. The number of hydrogen-bond acceptors (Lipinski definition) is 5. The summed E-state index contributed by atoms with van der Waals surface area (Å²) in [7, 11) is -4.30. The van der Waals surface area contributed by atoms with Gasteiger partial charge in [0, 0.05) is 24.8 Å². The molecule has 0 spiro atoms. The highest BCUT2D eigenvalue weighted by atomic mass is 32.2. The molecule has 0 radical (unpaired) electrons. The first-order valence-electron chi connectivity index (χ1n) is 8.03. The fourth-order valence-electron chi connectivity index (χ4n) is 2.93. The van der Waals surface area contributed by atoms with Gasteiger partial charge in [-0.3, -0.25) is 9.10 Å². The Balaban J connectivity index is 2.27. The van der Waals surface area contributed by atoms with Crippen LogP contribution in [-0.4, -0.2) is 31.7 Å². The monoisotopic (exact) mass is 360 g/mol. The zero-order valence-corrected chi connectivity index (χ0v) is 14.7. The van der Waals surface area contributed by atoms with Crippen LogP contribution in [0.25, 0.3) is 11.1 Å². The van der Waals surface area contributed by atoms with Gasteiger partial charge in [0.2, 0.25) is 0 Å². The van der Waals surface area contributed by atoms with Crippen LogP contribution in [0, 0.1) is 6.92 Å². The van der Waals surface area contributed by atoms with Crippen LogP contribution >= 0.6 is 0 Å². The summed E-state index contributed by atoms with van der Waals surface area (Å²) >= 11 is 0. The van der Waals surface area contributed by atoms with E-state index in [0.29, 0.717) is 30.0 Å². The minimum absolute atomic E-state index is 0.185. The van der Waals surface area contributed by atoms with E-state index in [1.165, 1.54) is 0 Å². The second kappa shape index (κ2) is 6.72. The number of rotatable bonds is 2. The van der Waals surface area contributed by atoms with Crippen molar-refractivity contribution < 1.29 is 13.2 Å². The first-order valence-corrected chi connectivity index (χ1v) is 9.47. The molecular formula is C17H20N4O3S. The first-order chi connectivity index (χ1) is 11.9. The molecule has 1 aliphatic rings. The van der Waals surface area contributed by atoms with Crippen LogP contribution in [0.3, 0.4) is 0 Å². The Morgan fingerprint density at radius 1 is 1.28 bits per heavy atom. The number of carbonyl (C=O) groups is 1. The minimum Gasteiger partial charge on any atom is -0.368 e. The number of aromatic nitrogens is 1. The molecule has 3 N–H and O–H groups in total. The lowest BCUT2D eigenvalue weighted by atomic mass is 10.0. The average molecular weight is 360 g/mol. The third-order valence-corrected chi connectivity index (χ3v) is 5.58. The van der Waals surface area contributed by atoms with E-state index in [2.05, 4.69) is 10.3 Å². The lowest BCUT2D eigenvalue weighted by molar-refractivity contribution is 0.265. The number of carbonyl (C=O) groups excluding carboxylic acids is 1. The van der Waals surface area contributed by atoms with Gasteiger partial charge in [-0.05, 0) is 31.4 Å². The Hall–Kier alpha value is -2.61. The van der Waals surface area contributed by atoms with E-state index in [-0.39, 0.29) is 6.54 Å². The molecule has 0 atom stereocenters. The highest BCUT2D eigenvalue weighted by Crippen LogP contribution is 2.38. The zero-order chi connectivity index (χ0) is 18.0. The van der Waals surface area contributed by atoms with E-state index in [1.807, 2.05) is 31.2 Å². The zero-order valence-electron chi connectivity index (χ0n) is 13.9. The van der Waals surface area contributed by atoms with Gasteiger partial charge >= 0.3 is 15.3 Å². The number of nitrogens with one attached hydrogen (secondary N) is 1. The molecule has 132 valence electrons. The normalized spacial score (nSPS) is 14.8. The second-order valence-corrected chi connectivity index (χ2v) is 7.75.